The fraction of sp³-hybridized carbons (Fsp3) is 0.533. The fourth-order valence-electron chi connectivity index (χ4n) is 2.65. The SMILES string of the molecule is CCCN(CC1CCCN1)c1cccc(Cl)c1C#N. The molecule has 1 N–H and O–H groups in total. The maximum absolute atomic E-state index is 9.30. The lowest BCUT2D eigenvalue weighted by molar-refractivity contribution is 0.578. The minimum Gasteiger partial charge on any atom is -0.369 e. The van der Waals surface area contributed by atoms with Gasteiger partial charge in [-0.2, -0.15) is 5.26 Å². The molecule has 0 saturated carbocycles. The zero-order valence-electron chi connectivity index (χ0n) is 11.3. The summed E-state index contributed by atoms with van der Waals surface area (Å²) in [6.45, 7) is 5.16. The molecule has 0 aliphatic carbocycles. The Kier molecular flexibility index (Phi) is 5.07. The molecule has 4 heteroatoms. The van der Waals surface area contributed by atoms with Crippen LogP contribution in [-0.4, -0.2) is 25.7 Å². The van der Waals surface area contributed by atoms with Gasteiger partial charge in [-0.15, -0.1) is 0 Å². The van der Waals surface area contributed by atoms with E-state index in [1.807, 2.05) is 12.1 Å². The van der Waals surface area contributed by atoms with Crippen LogP contribution >= 0.6 is 11.6 Å². The number of nitrogens with zero attached hydrogens (tertiary/aromatic N) is 2. The summed E-state index contributed by atoms with van der Waals surface area (Å²) in [6.07, 6.45) is 3.51. The number of halogens is 1. The standard InChI is InChI=1S/C15H20ClN3/c1-2-9-19(11-12-5-4-8-18-12)15-7-3-6-14(16)13(15)10-17/h3,6-7,12,18H,2,4-5,8-9,11H2,1H3. The topological polar surface area (TPSA) is 39.1 Å². The van der Waals surface area contributed by atoms with Crippen LogP contribution in [-0.2, 0) is 0 Å². The minimum absolute atomic E-state index is 0.525. The number of hydrogen-bond donors (Lipinski definition) is 1. The highest BCUT2D eigenvalue weighted by Crippen LogP contribution is 2.27. The van der Waals surface area contributed by atoms with Crippen LogP contribution in [0.3, 0.4) is 0 Å². The van der Waals surface area contributed by atoms with E-state index in [9.17, 15) is 5.26 Å². The number of nitriles is 1. The number of nitrogens with one attached hydrogen (secondary N) is 1. The number of hydrogen-bond acceptors (Lipinski definition) is 3. The largest absolute Gasteiger partial charge is 0.369 e. The van der Waals surface area contributed by atoms with Crippen molar-refractivity contribution >= 4 is 17.3 Å². The monoisotopic (exact) mass is 277 g/mol. The molecule has 1 atom stereocenters. The third kappa shape index (κ3) is 3.40. The van der Waals surface area contributed by atoms with Crippen molar-refractivity contribution in [1.29, 1.82) is 5.26 Å². The van der Waals surface area contributed by atoms with Gasteiger partial charge in [-0.25, -0.2) is 0 Å². The number of benzene rings is 1. The summed E-state index contributed by atoms with van der Waals surface area (Å²) in [6, 6.07) is 8.45. The second-order valence-corrected chi connectivity index (χ2v) is 5.39. The van der Waals surface area contributed by atoms with Gasteiger partial charge in [-0.05, 0) is 37.9 Å². The molecule has 0 aromatic heterocycles. The summed E-state index contributed by atoms with van der Waals surface area (Å²) >= 11 is 6.13. The van der Waals surface area contributed by atoms with Crippen LogP contribution in [0.15, 0.2) is 18.2 Å². The lowest BCUT2D eigenvalue weighted by atomic mass is 10.1. The van der Waals surface area contributed by atoms with Crippen molar-refractivity contribution in [3.63, 3.8) is 0 Å². The van der Waals surface area contributed by atoms with Gasteiger partial charge >= 0.3 is 0 Å². The molecule has 1 saturated heterocycles. The van der Waals surface area contributed by atoms with E-state index in [1.54, 1.807) is 6.07 Å². The Morgan fingerprint density at radius 2 is 2.37 bits per heavy atom. The maximum atomic E-state index is 9.30. The molecule has 19 heavy (non-hydrogen) atoms. The summed E-state index contributed by atoms with van der Waals surface area (Å²) in [5, 5.41) is 13.4. The van der Waals surface area contributed by atoms with E-state index < -0.39 is 0 Å². The zero-order chi connectivity index (χ0) is 13.7. The van der Waals surface area contributed by atoms with Gasteiger partial charge in [0.05, 0.1) is 16.3 Å². The molecule has 2 rings (SSSR count). The molecule has 1 aromatic carbocycles. The quantitative estimate of drug-likeness (QED) is 0.898. The summed E-state index contributed by atoms with van der Waals surface area (Å²) in [7, 11) is 0. The third-order valence-electron chi connectivity index (χ3n) is 3.54. The molecule has 3 nitrogen and oxygen atoms in total. The van der Waals surface area contributed by atoms with E-state index in [2.05, 4.69) is 23.2 Å². The predicted molar refractivity (Wildman–Crippen MR) is 79.7 cm³/mol. The molecule has 0 bridgehead atoms. The molecule has 1 unspecified atom stereocenters. The van der Waals surface area contributed by atoms with E-state index in [1.165, 1.54) is 12.8 Å². The van der Waals surface area contributed by atoms with Crippen LogP contribution in [0.5, 0.6) is 0 Å². The Bertz CT molecular complexity index is 461. The third-order valence-corrected chi connectivity index (χ3v) is 3.86. The van der Waals surface area contributed by atoms with Crippen molar-refractivity contribution in [3.8, 4) is 6.07 Å². The molecule has 102 valence electrons. The molecule has 1 heterocycles. The fourth-order valence-corrected chi connectivity index (χ4v) is 2.86. The van der Waals surface area contributed by atoms with Crippen LogP contribution in [0.2, 0.25) is 5.02 Å². The molecular formula is C15H20ClN3. The van der Waals surface area contributed by atoms with Crippen LogP contribution in [0.4, 0.5) is 5.69 Å². The van der Waals surface area contributed by atoms with Gasteiger partial charge in [0.1, 0.15) is 6.07 Å². The molecule has 0 radical (unpaired) electrons. The first-order valence-corrected chi connectivity index (χ1v) is 7.31. The van der Waals surface area contributed by atoms with E-state index in [0.29, 0.717) is 16.6 Å². The number of rotatable bonds is 5. The van der Waals surface area contributed by atoms with Gasteiger partial charge in [-0.3, -0.25) is 0 Å². The second-order valence-electron chi connectivity index (χ2n) is 4.99. The number of anilines is 1. The lowest BCUT2D eigenvalue weighted by Crippen LogP contribution is -2.38. The molecule has 0 spiro atoms. The second kappa shape index (κ2) is 6.79. The van der Waals surface area contributed by atoms with E-state index >= 15 is 0 Å². The average Bonchev–Trinajstić information content (AvgIpc) is 2.91. The zero-order valence-corrected chi connectivity index (χ0v) is 12.1. The molecule has 1 aliphatic rings. The van der Waals surface area contributed by atoms with Crippen LogP contribution in [0, 0.1) is 11.3 Å². The molecule has 1 aliphatic heterocycles. The van der Waals surface area contributed by atoms with E-state index in [4.69, 9.17) is 11.6 Å². The van der Waals surface area contributed by atoms with Crippen molar-refractivity contribution in [2.24, 2.45) is 0 Å². The Morgan fingerprint density at radius 3 is 3.00 bits per heavy atom. The van der Waals surface area contributed by atoms with Crippen molar-refractivity contribution < 1.29 is 0 Å². The lowest BCUT2D eigenvalue weighted by Gasteiger charge is -2.28. The highest BCUT2D eigenvalue weighted by molar-refractivity contribution is 6.32. The van der Waals surface area contributed by atoms with Crippen molar-refractivity contribution in [1.82, 2.24) is 5.32 Å². The molecule has 0 amide bonds. The smallest absolute Gasteiger partial charge is 0.103 e. The highest BCUT2D eigenvalue weighted by Gasteiger charge is 2.20. The first kappa shape index (κ1) is 14.2. The van der Waals surface area contributed by atoms with Gasteiger partial charge in [-0.1, -0.05) is 24.6 Å². The predicted octanol–water partition coefficient (Wildman–Crippen LogP) is 3.18. The summed E-state index contributed by atoms with van der Waals surface area (Å²) in [5.74, 6) is 0. The van der Waals surface area contributed by atoms with Gasteiger partial charge in [0, 0.05) is 19.1 Å². The Morgan fingerprint density at radius 1 is 1.53 bits per heavy atom. The Labute approximate surface area is 120 Å². The highest BCUT2D eigenvalue weighted by atomic mass is 35.5. The van der Waals surface area contributed by atoms with Gasteiger partial charge in [0.15, 0.2) is 0 Å². The van der Waals surface area contributed by atoms with Crippen LogP contribution in [0.25, 0.3) is 0 Å². The summed E-state index contributed by atoms with van der Waals surface area (Å²) in [4.78, 5) is 2.29. The summed E-state index contributed by atoms with van der Waals surface area (Å²) in [5.41, 5.74) is 1.56. The Balaban J connectivity index is 2.22. The van der Waals surface area contributed by atoms with Gasteiger partial charge in [0.2, 0.25) is 0 Å². The summed E-state index contributed by atoms with van der Waals surface area (Å²) < 4.78 is 0. The molecule has 1 fully saturated rings. The maximum Gasteiger partial charge on any atom is 0.103 e. The normalized spacial score (nSPS) is 18.3. The first-order valence-electron chi connectivity index (χ1n) is 6.93. The minimum atomic E-state index is 0.525. The van der Waals surface area contributed by atoms with Crippen molar-refractivity contribution in [2.75, 3.05) is 24.5 Å². The Hall–Kier alpha value is -1.24. The van der Waals surface area contributed by atoms with Crippen molar-refractivity contribution in [3.05, 3.63) is 28.8 Å². The van der Waals surface area contributed by atoms with Crippen molar-refractivity contribution in [2.45, 2.75) is 32.2 Å². The van der Waals surface area contributed by atoms with Crippen LogP contribution < -0.4 is 10.2 Å². The molecular weight excluding hydrogens is 258 g/mol. The molecule has 1 aromatic rings. The van der Waals surface area contributed by atoms with Gasteiger partial charge < -0.3 is 10.2 Å². The average molecular weight is 278 g/mol. The van der Waals surface area contributed by atoms with E-state index in [0.717, 1.165) is 31.7 Å². The first-order chi connectivity index (χ1) is 9.26. The van der Waals surface area contributed by atoms with Crippen LogP contribution in [0.1, 0.15) is 31.7 Å². The van der Waals surface area contributed by atoms with E-state index in [-0.39, 0.29) is 0 Å². The van der Waals surface area contributed by atoms with Gasteiger partial charge in [0.25, 0.3) is 0 Å².